The van der Waals surface area contributed by atoms with Gasteiger partial charge in [0.2, 0.25) is 0 Å². The number of piperidine rings is 1. The van der Waals surface area contributed by atoms with Gasteiger partial charge < -0.3 is 23.9 Å². The smallest absolute Gasteiger partial charge is 0.157 e. The van der Waals surface area contributed by atoms with Gasteiger partial charge in [-0.05, 0) is 74.1 Å². The highest BCUT2D eigenvalue weighted by atomic mass is 32.1. The number of benzene rings is 2. The normalized spacial score (nSPS) is 14.3. The molecule has 1 saturated heterocycles. The monoisotopic (exact) mass is 526 g/mol. The molecule has 0 saturated carbocycles. The van der Waals surface area contributed by atoms with Gasteiger partial charge in [0.1, 0.15) is 24.2 Å². The predicted molar refractivity (Wildman–Crippen MR) is 155 cm³/mol. The molecule has 1 fully saturated rings. The Morgan fingerprint density at radius 2 is 1.76 bits per heavy atom. The van der Waals surface area contributed by atoms with E-state index >= 15 is 0 Å². The lowest BCUT2D eigenvalue weighted by molar-refractivity contribution is 0.162. The number of rotatable bonds is 9. The number of hydrogen-bond acceptors (Lipinski definition) is 5. The topological polar surface area (TPSA) is 53.2 Å². The number of imidazole rings is 1. The summed E-state index contributed by atoms with van der Waals surface area (Å²) < 4.78 is 18.2. The highest BCUT2D eigenvalue weighted by molar-refractivity contribution is 7.17. The van der Waals surface area contributed by atoms with Crippen LogP contribution in [0.3, 0.4) is 0 Å². The van der Waals surface area contributed by atoms with Crippen molar-refractivity contribution in [2.45, 2.75) is 38.8 Å². The number of aryl methyl sites for hydroxylation is 1. The summed E-state index contributed by atoms with van der Waals surface area (Å²) in [4.78, 5) is 5.22. The molecular formula is C31H34N4O2S. The summed E-state index contributed by atoms with van der Waals surface area (Å²) in [7, 11) is 2.13. The molecule has 4 heterocycles. The van der Waals surface area contributed by atoms with Crippen LogP contribution in [0.25, 0.3) is 33.0 Å². The van der Waals surface area contributed by atoms with Crippen LogP contribution >= 0.6 is 11.3 Å². The SMILES string of the molecule is CCc1c(-c2ccccc2)nc(-c2cc3sccc3n2C)n1CCOc1ccc(OC2CCNCC2)cc1. The first-order valence-corrected chi connectivity index (χ1v) is 14.4. The number of thiophene rings is 1. The molecule has 7 heteroatoms. The van der Waals surface area contributed by atoms with Crippen LogP contribution in [-0.2, 0) is 20.0 Å². The molecule has 0 spiro atoms. The Labute approximate surface area is 227 Å². The van der Waals surface area contributed by atoms with Crippen LogP contribution in [-0.4, -0.2) is 39.9 Å². The van der Waals surface area contributed by atoms with Gasteiger partial charge in [-0.1, -0.05) is 37.3 Å². The third-order valence-corrected chi connectivity index (χ3v) is 8.20. The van der Waals surface area contributed by atoms with Crippen LogP contribution in [0.5, 0.6) is 11.5 Å². The van der Waals surface area contributed by atoms with E-state index in [1.54, 1.807) is 11.3 Å². The van der Waals surface area contributed by atoms with E-state index in [1.807, 2.05) is 24.3 Å². The molecule has 2 aromatic carbocycles. The molecule has 38 heavy (non-hydrogen) atoms. The summed E-state index contributed by atoms with van der Waals surface area (Å²) in [6.07, 6.45) is 3.28. The standard InChI is InChI=1S/C31H34N4O2S/c1-3-26-30(22-7-5-4-6-8-22)33-31(28-21-29-27(34(28)2)15-20-38-29)35(26)18-19-36-23-9-11-24(12-10-23)37-25-13-16-32-17-14-25/h4-12,15,20-21,25,32H,3,13-14,16-19H2,1-2H3. The van der Waals surface area contributed by atoms with Crippen molar-refractivity contribution in [2.24, 2.45) is 7.05 Å². The molecule has 196 valence electrons. The second-order valence-corrected chi connectivity index (χ2v) is 10.7. The first-order chi connectivity index (χ1) is 18.7. The third kappa shape index (κ3) is 4.96. The molecule has 6 nitrogen and oxygen atoms in total. The van der Waals surface area contributed by atoms with E-state index in [1.165, 1.54) is 15.9 Å². The van der Waals surface area contributed by atoms with E-state index in [-0.39, 0.29) is 0 Å². The van der Waals surface area contributed by atoms with Gasteiger partial charge in [-0.3, -0.25) is 0 Å². The number of hydrogen-bond donors (Lipinski definition) is 1. The molecular weight excluding hydrogens is 492 g/mol. The summed E-state index contributed by atoms with van der Waals surface area (Å²) in [5, 5.41) is 5.52. The van der Waals surface area contributed by atoms with Crippen LogP contribution < -0.4 is 14.8 Å². The zero-order valence-electron chi connectivity index (χ0n) is 22.0. The molecule has 0 bridgehead atoms. The van der Waals surface area contributed by atoms with Crippen molar-refractivity contribution >= 4 is 21.6 Å². The summed E-state index contributed by atoms with van der Waals surface area (Å²) in [6, 6.07) is 23.0. The lowest BCUT2D eigenvalue weighted by Gasteiger charge is -2.23. The highest BCUT2D eigenvalue weighted by Gasteiger charge is 2.21. The van der Waals surface area contributed by atoms with Gasteiger partial charge in [-0.15, -0.1) is 11.3 Å². The molecule has 0 aliphatic carbocycles. The molecule has 0 amide bonds. The Bertz CT molecular complexity index is 1490. The minimum atomic E-state index is 0.293. The fourth-order valence-corrected chi connectivity index (χ4v) is 6.20. The average molecular weight is 527 g/mol. The molecule has 1 N–H and O–H groups in total. The second-order valence-electron chi connectivity index (χ2n) is 9.75. The van der Waals surface area contributed by atoms with Crippen molar-refractivity contribution in [1.29, 1.82) is 0 Å². The zero-order valence-corrected chi connectivity index (χ0v) is 22.8. The van der Waals surface area contributed by atoms with E-state index in [9.17, 15) is 0 Å². The average Bonchev–Trinajstić information content (AvgIpc) is 3.65. The van der Waals surface area contributed by atoms with Crippen LogP contribution in [0, 0.1) is 0 Å². The Morgan fingerprint density at radius 3 is 2.50 bits per heavy atom. The van der Waals surface area contributed by atoms with E-state index in [0.717, 1.165) is 66.6 Å². The van der Waals surface area contributed by atoms with Gasteiger partial charge in [0.25, 0.3) is 0 Å². The van der Waals surface area contributed by atoms with E-state index in [2.05, 4.69) is 76.3 Å². The number of nitrogens with zero attached hydrogens (tertiary/aromatic N) is 3. The van der Waals surface area contributed by atoms with Gasteiger partial charge >= 0.3 is 0 Å². The van der Waals surface area contributed by atoms with Crippen molar-refractivity contribution in [3.8, 4) is 34.3 Å². The first-order valence-electron chi connectivity index (χ1n) is 13.5. The third-order valence-electron chi connectivity index (χ3n) is 7.34. The fourth-order valence-electron chi connectivity index (χ4n) is 5.35. The molecule has 1 aliphatic rings. The quantitative estimate of drug-likeness (QED) is 0.237. The molecule has 0 radical (unpaired) electrons. The molecule has 0 atom stereocenters. The zero-order chi connectivity index (χ0) is 25.9. The summed E-state index contributed by atoms with van der Waals surface area (Å²) >= 11 is 1.77. The minimum absolute atomic E-state index is 0.293. The van der Waals surface area contributed by atoms with Crippen molar-refractivity contribution in [3.05, 3.63) is 77.8 Å². The predicted octanol–water partition coefficient (Wildman–Crippen LogP) is 6.54. The number of fused-ring (bicyclic) bond motifs is 1. The van der Waals surface area contributed by atoms with Crippen molar-refractivity contribution in [1.82, 2.24) is 19.4 Å². The number of aromatic nitrogens is 3. The van der Waals surface area contributed by atoms with Crippen molar-refractivity contribution in [2.75, 3.05) is 19.7 Å². The Kier molecular flexibility index (Phi) is 7.20. The van der Waals surface area contributed by atoms with Crippen LogP contribution in [0.1, 0.15) is 25.5 Å². The van der Waals surface area contributed by atoms with E-state index < -0.39 is 0 Å². The van der Waals surface area contributed by atoms with Crippen molar-refractivity contribution < 1.29 is 9.47 Å². The highest BCUT2D eigenvalue weighted by Crippen LogP contribution is 2.34. The maximum absolute atomic E-state index is 6.22. The summed E-state index contributed by atoms with van der Waals surface area (Å²) in [5.74, 6) is 2.75. The van der Waals surface area contributed by atoms with Crippen LogP contribution in [0.4, 0.5) is 0 Å². The molecule has 5 aromatic rings. The van der Waals surface area contributed by atoms with Gasteiger partial charge in [0, 0.05) is 18.3 Å². The molecule has 3 aromatic heterocycles. The fraction of sp³-hybridized carbons (Fsp3) is 0.323. The summed E-state index contributed by atoms with van der Waals surface area (Å²) in [6.45, 7) is 5.52. The van der Waals surface area contributed by atoms with Gasteiger partial charge in [-0.2, -0.15) is 0 Å². The Hall–Kier alpha value is -3.55. The molecule has 6 rings (SSSR count). The largest absolute Gasteiger partial charge is 0.492 e. The van der Waals surface area contributed by atoms with E-state index in [0.29, 0.717) is 19.3 Å². The summed E-state index contributed by atoms with van der Waals surface area (Å²) in [5.41, 5.74) is 5.79. The maximum Gasteiger partial charge on any atom is 0.157 e. The molecule has 0 unspecified atom stereocenters. The maximum atomic E-state index is 6.22. The van der Waals surface area contributed by atoms with Gasteiger partial charge in [0.15, 0.2) is 5.82 Å². The minimum Gasteiger partial charge on any atom is -0.492 e. The van der Waals surface area contributed by atoms with E-state index in [4.69, 9.17) is 14.5 Å². The second kappa shape index (κ2) is 11.1. The van der Waals surface area contributed by atoms with Crippen molar-refractivity contribution in [3.63, 3.8) is 0 Å². The van der Waals surface area contributed by atoms with Crippen LogP contribution in [0.15, 0.2) is 72.1 Å². The van der Waals surface area contributed by atoms with Crippen LogP contribution in [0.2, 0.25) is 0 Å². The lowest BCUT2D eigenvalue weighted by atomic mass is 10.1. The Morgan fingerprint density at radius 1 is 1.00 bits per heavy atom. The number of ether oxygens (including phenoxy) is 2. The van der Waals surface area contributed by atoms with Gasteiger partial charge in [0.05, 0.1) is 28.1 Å². The first kappa shape index (κ1) is 24.8. The number of nitrogens with one attached hydrogen (secondary N) is 1. The lowest BCUT2D eigenvalue weighted by Crippen LogP contribution is -2.34. The van der Waals surface area contributed by atoms with Gasteiger partial charge in [-0.25, -0.2) is 4.98 Å². The molecule has 1 aliphatic heterocycles. The Balaban J connectivity index is 1.24.